The minimum Gasteiger partial charge on any atom is -0.507 e. The van der Waals surface area contributed by atoms with Crippen molar-refractivity contribution in [2.45, 2.75) is 95.6 Å². The lowest BCUT2D eigenvalue weighted by molar-refractivity contribution is 0.396. The largest absolute Gasteiger partial charge is 0.507 e. The summed E-state index contributed by atoms with van der Waals surface area (Å²) in [5.41, 5.74) is 2.95. The summed E-state index contributed by atoms with van der Waals surface area (Å²) in [6.07, 6.45) is 7.10. The highest BCUT2D eigenvalue weighted by molar-refractivity contribution is 7.93. The van der Waals surface area contributed by atoms with Gasteiger partial charge in [-0.25, -0.2) is 8.42 Å². The maximum absolute atomic E-state index is 13.5. The Balaban J connectivity index is 2.79. The highest BCUT2D eigenvalue weighted by Gasteiger charge is 2.39. The molecule has 2 atom stereocenters. The molecule has 2 unspecified atom stereocenters. The summed E-state index contributed by atoms with van der Waals surface area (Å²) in [6, 6.07) is 1.57. The van der Waals surface area contributed by atoms with E-state index < -0.39 is 14.6 Å². The van der Waals surface area contributed by atoms with Gasteiger partial charge in [0.1, 0.15) is 16.4 Å². The standard InChI is InChI=1S/C25H38O4S/c1-8-9-10-11-18-15-21(26)22(20-14-17(4)12-13-19(20)16(2)3)23(27)24(18)30(28,29)25(5,6)7/h14-15,19-20,26-27H,2,8-13H2,1,3-7H3. The molecule has 1 aromatic carbocycles. The molecule has 0 amide bonds. The van der Waals surface area contributed by atoms with Gasteiger partial charge >= 0.3 is 0 Å². The molecule has 5 heteroatoms. The second-order valence-electron chi connectivity index (χ2n) is 9.75. The van der Waals surface area contributed by atoms with Gasteiger partial charge in [0.05, 0.1) is 4.75 Å². The van der Waals surface area contributed by atoms with E-state index in [4.69, 9.17) is 0 Å². The van der Waals surface area contributed by atoms with Crippen LogP contribution in [0.5, 0.6) is 11.5 Å². The summed E-state index contributed by atoms with van der Waals surface area (Å²) in [5, 5.41) is 22.3. The maximum atomic E-state index is 13.5. The zero-order valence-corrected chi connectivity index (χ0v) is 20.2. The first-order valence-corrected chi connectivity index (χ1v) is 12.5. The Labute approximate surface area is 182 Å². The van der Waals surface area contributed by atoms with Crippen LogP contribution in [0.4, 0.5) is 0 Å². The second-order valence-corrected chi connectivity index (χ2v) is 12.4. The second kappa shape index (κ2) is 9.17. The first-order valence-electron chi connectivity index (χ1n) is 11.0. The van der Waals surface area contributed by atoms with Crippen LogP contribution in [0, 0.1) is 5.92 Å². The topological polar surface area (TPSA) is 74.6 Å². The fourth-order valence-corrected chi connectivity index (χ4v) is 5.78. The van der Waals surface area contributed by atoms with E-state index in [1.165, 1.54) is 5.57 Å². The smallest absolute Gasteiger partial charge is 0.187 e. The molecule has 4 nitrogen and oxygen atoms in total. The van der Waals surface area contributed by atoms with Crippen LogP contribution < -0.4 is 0 Å². The van der Waals surface area contributed by atoms with E-state index in [1.54, 1.807) is 26.8 Å². The molecule has 0 spiro atoms. The molecular weight excluding hydrogens is 396 g/mol. The van der Waals surface area contributed by atoms with E-state index in [1.807, 2.05) is 19.9 Å². The van der Waals surface area contributed by atoms with Crippen molar-refractivity contribution in [3.63, 3.8) is 0 Å². The normalized spacial score (nSPS) is 20.1. The summed E-state index contributed by atoms with van der Waals surface area (Å²) in [7, 11) is -3.81. The number of hydrogen-bond acceptors (Lipinski definition) is 4. The number of benzene rings is 1. The van der Waals surface area contributed by atoms with Crippen LogP contribution in [0.2, 0.25) is 0 Å². The molecule has 0 heterocycles. The number of aromatic hydroxyl groups is 2. The summed E-state index contributed by atoms with van der Waals surface area (Å²) < 4.78 is 25.9. The number of rotatable bonds is 7. The minimum atomic E-state index is -3.81. The first-order chi connectivity index (χ1) is 13.8. The van der Waals surface area contributed by atoms with Crippen LogP contribution in [0.25, 0.3) is 0 Å². The molecule has 1 aromatic rings. The lowest BCUT2D eigenvalue weighted by atomic mass is 9.73. The molecule has 168 valence electrons. The van der Waals surface area contributed by atoms with Crippen LogP contribution in [-0.4, -0.2) is 23.4 Å². The van der Waals surface area contributed by atoms with Gasteiger partial charge in [0.15, 0.2) is 9.84 Å². The van der Waals surface area contributed by atoms with Crippen LogP contribution in [-0.2, 0) is 16.3 Å². The Morgan fingerprint density at radius 3 is 2.40 bits per heavy atom. The monoisotopic (exact) mass is 434 g/mol. The van der Waals surface area contributed by atoms with Gasteiger partial charge in [0, 0.05) is 11.5 Å². The van der Waals surface area contributed by atoms with Gasteiger partial charge in [-0.2, -0.15) is 0 Å². The maximum Gasteiger partial charge on any atom is 0.187 e. The molecule has 0 aromatic heterocycles. The van der Waals surface area contributed by atoms with Crippen LogP contribution in [0.15, 0.2) is 34.8 Å². The predicted molar refractivity (Wildman–Crippen MR) is 124 cm³/mol. The van der Waals surface area contributed by atoms with Crippen molar-refractivity contribution < 1.29 is 18.6 Å². The minimum absolute atomic E-state index is 0.0176. The molecule has 0 fully saturated rings. The molecular formula is C25H38O4S. The number of phenols is 2. The number of hydrogen-bond donors (Lipinski definition) is 2. The van der Waals surface area contributed by atoms with Gasteiger partial charge in [-0.15, -0.1) is 0 Å². The van der Waals surface area contributed by atoms with Crippen molar-refractivity contribution in [2.75, 3.05) is 0 Å². The third kappa shape index (κ3) is 4.77. The predicted octanol–water partition coefficient (Wildman–Crippen LogP) is 6.42. The number of phenolic OH excluding ortho intramolecular Hbond substituents is 2. The summed E-state index contributed by atoms with van der Waals surface area (Å²) >= 11 is 0. The number of allylic oxidation sites excluding steroid dienone is 3. The number of sulfone groups is 1. The molecule has 0 aliphatic heterocycles. The van der Waals surface area contributed by atoms with Crippen molar-refractivity contribution in [3.05, 3.63) is 41.0 Å². The van der Waals surface area contributed by atoms with Gasteiger partial charge in [0.2, 0.25) is 0 Å². The Bertz CT molecular complexity index is 933. The van der Waals surface area contributed by atoms with Crippen molar-refractivity contribution in [1.29, 1.82) is 0 Å². The van der Waals surface area contributed by atoms with Gasteiger partial charge in [0.25, 0.3) is 0 Å². The SMILES string of the molecule is C=C(C)C1CCC(C)=CC1c1c(O)cc(CCCCC)c(S(=O)(=O)C(C)(C)C)c1O. The van der Waals surface area contributed by atoms with Gasteiger partial charge < -0.3 is 10.2 Å². The third-order valence-electron chi connectivity index (χ3n) is 6.19. The van der Waals surface area contributed by atoms with E-state index in [0.29, 0.717) is 17.5 Å². The lowest BCUT2D eigenvalue weighted by Crippen LogP contribution is -2.29. The average molecular weight is 435 g/mol. The number of aryl methyl sites for hydroxylation is 1. The molecule has 1 aliphatic rings. The van der Waals surface area contributed by atoms with Crippen LogP contribution in [0.1, 0.15) is 90.7 Å². The zero-order chi connectivity index (χ0) is 22.9. The molecule has 0 radical (unpaired) electrons. The van der Waals surface area contributed by atoms with Crippen molar-refractivity contribution in [3.8, 4) is 11.5 Å². The molecule has 30 heavy (non-hydrogen) atoms. The van der Waals surface area contributed by atoms with Gasteiger partial charge in [-0.3, -0.25) is 0 Å². The zero-order valence-electron chi connectivity index (χ0n) is 19.4. The molecule has 2 N–H and O–H groups in total. The van der Waals surface area contributed by atoms with E-state index in [2.05, 4.69) is 13.5 Å². The lowest BCUT2D eigenvalue weighted by Gasteiger charge is -2.32. The third-order valence-corrected chi connectivity index (χ3v) is 8.79. The van der Waals surface area contributed by atoms with Gasteiger partial charge in [-0.1, -0.05) is 43.6 Å². The Morgan fingerprint density at radius 2 is 1.87 bits per heavy atom. The van der Waals surface area contributed by atoms with E-state index in [-0.39, 0.29) is 28.2 Å². The molecule has 0 saturated heterocycles. The fourth-order valence-electron chi connectivity index (χ4n) is 4.30. The fraction of sp³-hybridized carbons (Fsp3) is 0.600. The quantitative estimate of drug-likeness (QED) is 0.384. The van der Waals surface area contributed by atoms with E-state index >= 15 is 0 Å². The van der Waals surface area contributed by atoms with Crippen molar-refractivity contribution in [1.82, 2.24) is 0 Å². The first kappa shape index (κ1) is 24.5. The molecule has 0 bridgehead atoms. The van der Waals surface area contributed by atoms with E-state index in [0.717, 1.165) is 37.7 Å². The van der Waals surface area contributed by atoms with Gasteiger partial charge in [-0.05, 0) is 77.8 Å². The van der Waals surface area contributed by atoms with Crippen LogP contribution >= 0.6 is 0 Å². The average Bonchev–Trinajstić information content (AvgIpc) is 2.60. The summed E-state index contributed by atoms with van der Waals surface area (Å²) in [6.45, 7) is 15.1. The van der Waals surface area contributed by atoms with E-state index in [9.17, 15) is 18.6 Å². The van der Waals surface area contributed by atoms with Crippen molar-refractivity contribution in [2.24, 2.45) is 5.92 Å². The molecule has 0 saturated carbocycles. The Kier molecular flexibility index (Phi) is 7.49. The summed E-state index contributed by atoms with van der Waals surface area (Å²) in [4.78, 5) is -0.0176. The molecule has 1 aliphatic carbocycles. The Hall–Kier alpha value is -1.75. The Morgan fingerprint density at radius 1 is 1.23 bits per heavy atom. The summed E-state index contributed by atoms with van der Waals surface area (Å²) in [5.74, 6) is -0.579. The van der Waals surface area contributed by atoms with Crippen molar-refractivity contribution >= 4 is 9.84 Å². The highest BCUT2D eigenvalue weighted by atomic mass is 32.2. The van der Waals surface area contributed by atoms with Crippen LogP contribution in [0.3, 0.4) is 0 Å². The highest BCUT2D eigenvalue weighted by Crippen LogP contribution is 2.50. The molecule has 2 rings (SSSR count). The number of unbranched alkanes of at least 4 members (excludes halogenated alkanes) is 2.